The first-order chi connectivity index (χ1) is 9.91. The van der Waals surface area contributed by atoms with Gasteiger partial charge >= 0.3 is 11.9 Å². The third-order valence-electron chi connectivity index (χ3n) is 2.82. The van der Waals surface area contributed by atoms with Gasteiger partial charge in [-0.2, -0.15) is 4.89 Å². The zero-order valence-corrected chi connectivity index (χ0v) is 13.3. The van der Waals surface area contributed by atoms with Crippen LogP contribution in [0.5, 0.6) is 0 Å². The van der Waals surface area contributed by atoms with Crippen molar-refractivity contribution in [2.45, 2.75) is 65.4 Å². The number of carbonyl (C=O) groups is 2. The van der Waals surface area contributed by atoms with Crippen LogP contribution in [0.25, 0.3) is 0 Å². The number of esters is 1. The van der Waals surface area contributed by atoms with Crippen molar-refractivity contribution in [1.82, 2.24) is 0 Å². The van der Waals surface area contributed by atoms with E-state index in [2.05, 4.69) is 16.8 Å². The van der Waals surface area contributed by atoms with Crippen LogP contribution in [0.2, 0.25) is 0 Å². The zero-order chi connectivity index (χ0) is 16.1. The van der Waals surface area contributed by atoms with Crippen LogP contribution in [-0.2, 0) is 29.1 Å². The normalized spacial score (nSPS) is 11.6. The molecule has 0 fully saturated rings. The molecule has 0 aliphatic rings. The van der Waals surface area contributed by atoms with Crippen molar-refractivity contribution in [1.29, 1.82) is 0 Å². The Morgan fingerprint density at radius 2 is 1.67 bits per heavy atom. The molecule has 0 aliphatic heterocycles. The van der Waals surface area contributed by atoms with Crippen molar-refractivity contribution in [3.63, 3.8) is 0 Å². The summed E-state index contributed by atoms with van der Waals surface area (Å²) in [7, 11) is 0. The second-order valence-electron chi connectivity index (χ2n) is 5.23. The van der Waals surface area contributed by atoms with E-state index in [0.29, 0.717) is 13.0 Å². The van der Waals surface area contributed by atoms with Crippen molar-refractivity contribution >= 4 is 11.9 Å². The molecule has 0 spiro atoms. The maximum Gasteiger partial charge on any atom is 0.369 e. The molecule has 0 saturated heterocycles. The van der Waals surface area contributed by atoms with Crippen LogP contribution in [-0.4, -0.2) is 24.1 Å². The molecule has 21 heavy (non-hydrogen) atoms. The maximum atomic E-state index is 11.3. The Balaban J connectivity index is 3.75. The predicted octanol–water partition coefficient (Wildman–Crippen LogP) is 3.26. The third kappa shape index (κ3) is 12.1. The quantitative estimate of drug-likeness (QED) is 0.192. The van der Waals surface area contributed by atoms with Crippen molar-refractivity contribution in [2.75, 3.05) is 6.61 Å². The number of hydrogen-bond acceptors (Lipinski definition) is 6. The lowest BCUT2D eigenvalue weighted by molar-refractivity contribution is -0.515. The second-order valence-corrected chi connectivity index (χ2v) is 5.23. The van der Waals surface area contributed by atoms with Gasteiger partial charge in [-0.15, -0.1) is 0 Å². The first kappa shape index (κ1) is 19.6. The summed E-state index contributed by atoms with van der Waals surface area (Å²) in [6, 6.07) is 0. The number of unbranched alkanes of at least 4 members (excludes halogenated alkanes) is 3. The molecule has 122 valence electrons. The molecule has 0 heterocycles. The first-order valence-electron chi connectivity index (χ1n) is 7.32. The van der Waals surface area contributed by atoms with Gasteiger partial charge in [0.25, 0.3) is 0 Å². The van der Waals surface area contributed by atoms with Gasteiger partial charge in [0.15, 0.2) is 0 Å². The number of carbonyl (C=O) groups excluding carboxylic acids is 2. The lowest BCUT2D eigenvalue weighted by Gasteiger charge is -2.19. The van der Waals surface area contributed by atoms with Crippen LogP contribution < -0.4 is 0 Å². The largest absolute Gasteiger partial charge is 0.463 e. The highest BCUT2D eigenvalue weighted by Crippen LogP contribution is 2.13. The molecule has 0 N–H and O–H groups in total. The molecule has 0 aliphatic carbocycles. The average Bonchev–Trinajstić information content (AvgIpc) is 2.44. The van der Waals surface area contributed by atoms with Gasteiger partial charge < -0.3 is 4.74 Å². The summed E-state index contributed by atoms with van der Waals surface area (Å²) in [5.74, 6) is -1.43. The van der Waals surface area contributed by atoms with Crippen LogP contribution in [0.1, 0.15) is 59.8 Å². The van der Waals surface area contributed by atoms with Crippen molar-refractivity contribution < 1.29 is 29.1 Å². The topological polar surface area (TPSA) is 71.1 Å². The van der Waals surface area contributed by atoms with Crippen molar-refractivity contribution in [2.24, 2.45) is 0 Å². The molecule has 0 amide bonds. The lowest BCUT2D eigenvalue weighted by atomic mass is 10.1. The number of hydrogen-bond donors (Lipinski definition) is 0. The van der Waals surface area contributed by atoms with E-state index in [9.17, 15) is 9.59 Å². The summed E-state index contributed by atoms with van der Waals surface area (Å²) in [4.78, 5) is 31.7. The Morgan fingerprint density at radius 3 is 2.29 bits per heavy atom. The lowest BCUT2D eigenvalue weighted by Crippen LogP contribution is -2.24. The maximum absolute atomic E-state index is 11.3. The minimum absolute atomic E-state index is 0.350. The van der Waals surface area contributed by atoms with E-state index in [0.717, 1.165) is 37.8 Å². The predicted molar refractivity (Wildman–Crippen MR) is 76.9 cm³/mol. The molecular formula is C15H26O6. The van der Waals surface area contributed by atoms with Crippen LogP contribution >= 0.6 is 0 Å². The Kier molecular flexibility index (Phi) is 10.5. The average molecular weight is 302 g/mol. The van der Waals surface area contributed by atoms with Gasteiger partial charge in [0.1, 0.15) is 5.60 Å². The first-order valence-corrected chi connectivity index (χ1v) is 7.32. The van der Waals surface area contributed by atoms with Crippen LogP contribution in [0.15, 0.2) is 12.2 Å². The van der Waals surface area contributed by atoms with Gasteiger partial charge in [0.2, 0.25) is 0 Å². The molecule has 0 aromatic rings. The third-order valence-corrected chi connectivity index (χ3v) is 2.82. The van der Waals surface area contributed by atoms with Crippen molar-refractivity contribution in [3.05, 3.63) is 12.2 Å². The number of ether oxygens (including phenoxy) is 1. The van der Waals surface area contributed by atoms with Gasteiger partial charge in [-0.05, 0) is 31.7 Å². The molecule has 0 radical (unpaired) electrons. The molecule has 0 bridgehead atoms. The highest BCUT2D eigenvalue weighted by atomic mass is 17.5. The highest BCUT2D eigenvalue weighted by Gasteiger charge is 2.18. The standard InChI is InChI=1S/C15H26O6/c1-5-7-8-9-12-18-13(16)10-11-14(17)19-21-20-15(3,4)6-2/h10-11H,5-9,12H2,1-4H3. The minimum Gasteiger partial charge on any atom is -0.463 e. The minimum atomic E-state index is -0.843. The Bertz CT molecular complexity index is 335. The summed E-state index contributed by atoms with van der Waals surface area (Å²) in [6.45, 7) is 7.93. The van der Waals surface area contributed by atoms with Gasteiger partial charge in [-0.1, -0.05) is 33.1 Å². The summed E-state index contributed by atoms with van der Waals surface area (Å²) < 4.78 is 4.91. The molecule has 0 aromatic carbocycles. The van der Waals surface area contributed by atoms with Crippen LogP contribution in [0, 0.1) is 0 Å². The fraction of sp³-hybridized carbons (Fsp3) is 0.733. The van der Waals surface area contributed by atoms with E-state index in [4.69, 9.17) is 9.62 Å². The number of rotatable bonds is 11. The molecule has 0 atom stereocenters. The smallest absolute Gasteiger partial charge is 0.369 e. The molecule has 6 nitrogen and oxygen atoms in total. The summed E-state index contributed by atoms with van der Waals surface area (Å²) >= 11 is 0. The van der Waals surface area contributed by atoms with E-state index in [1.807, 2.05) is 6.92 Å². The van der Waals surface area contributed by atoms with Crippen LogP contribution in [0.4, 0.5) is 0 Å². The Morgan fingerprint density at radius 1 is 1.00 bits per heavy atom. The molecular weight excluding hydrogens is 276 g/mol. The zero-order valence-electron chi connectivity index (χ0n) is 13.3. The molecule has 0 saturated carbocycles. The van der Waals surface area contributed by atoms with E-state index < -0.39 is 17.5 Å². The molecule has 0 rings (SSSR count). The van der Waals surface area contributed by atoms with E-state index in [1.54, 1.807) is 13.8 Å². The van der Waals surface area contributed by atoms with Crippen LogP contribution in [0.3, 0.4) is 0 Å². The van der Waals surface area contributed by atoms with Gasteiger partial charge in [-0.3, -0.25) is 4.89 Å². The monoisotopic (exact) mass is 302 g/mol. The summed E-state index contributed by atoms with van der Waals surface area (Å²) in [5.41, 5.74) is -0.554. The fourth-order valence-electron chi connectivity index (χ4n) is 1.12. The summed E-state index contributed by atoms with van der Waals surface area (Å²) in [6.07, 6.45) is 6.69. The molecule has 6 heteroatoms. The highest BCUT2D eigenvalue weighted by molar-refractivity contribution is 5.91. The van der Waals surface area contributed by atoms with Gasteiger partial charge in [-0.25, -0.2) is 9.59 Å². The Labute approximate surface area is 126 Å². The van der Waals surface area contributed by atoms with E-state index in [1.165, 1.54) is 0 Å². The van der Waals surface area contributed by atoms with Gasteiger partial charge in [0, 0.05) is 12.2 Å². The van der Waals surface area contributed by atoms with Crippen molar-refractivity contribution in [3.8, 4) is 0 Å². The molecule has 0 unspecified atom stereocenters. The second kappa shape index (κ2) is 11.3. The fourth-order valence-corrected chi connectivity index (χ4v) is 1.12. The Hall–Kier alpha value is -1.40. The van der Waals surface area contributed by atoms with E-state index in [-0.39, 0.29) is 0 Å². The van der Waals surface area contributed by atoms with E-state index >= 15 is 0 Å². The van der Waals surface area contributed by atoms with Gasteiger partial charge in [0.05, 0.1) is 6.61 Å². The summed E-state index contributed by atoms with van der Waals surface area (Å²) in [5, 5.41) is 4.36. The molecule has 0 aromatic heterocycles. The SMILES string of the molecule is CCCCCCOC(=O)C=CC(=O)OOOC(C)(C)CC.